The first-order chi connectivity index (χ1) is 18.7. The molecule has 0 N–H and O–H groups in total. The van der Waals surface area contributed by atoms with Crippen molar-refractivity contribution in [3.63, 3.8) is 0 Å². The average molecular weight is 554 g/mol. The fourth-order valence-electron chi connectivity index (χ4n) is 5.91. The number of methoxy groups -OCH3 is 1. The molecule has 2 aromatic carbocycles. The third kappa shape index (κ3) is 7.56. The van der Waals surface area contributed by atoms with E-state index in [0.717, 1.165) is 32.2 Å². The van der Waals surface area contributed by atoms with Crippen molar-refractivity contribution in [2.24, 2.45) is 10.9 Å². The summed E-state index contributed by atoms with van der Waals surface area (Å²) < 4.78 is 32.8. The third-order valence-electron chi connectivity index (χ3n) is 8.24. The van der Waals surface area contributed by atoms with E-state index in [9.17, 15) is 13.2 Å². The van der Waals surface area contributed by atoms with Crippen molar-refractivity contribution in [2.75, 3.05) is 33.8 Å². The second-order valence-electron chi connectivity index (χ2n) is 11.2. The molecule has 1 amide bonds. The van der Waals surface area contributed by atoms with Crippen molar-refractivity contribution in [3.8, 4) is 5.75 Å². The Labute approximate surface area is 234 Å². The Kier molecular flexibility index (Phi) is 9.96. The van der Waals surface area contributed by atoms with Crippen LogP contribution in [0.25, 0.3) is 0 Å². The lowest BCUT2D eigenvalue weighted by Crippen LogP contribution is -2.30. The highest BCUT2D eigenvalue weighted by Gasteiger charge is 2.26. The average Bonchev–Trinajstić information content (AvgIpc) is 3.43. The molecule has 1 aliphatic heterocycles. The second-order valence-corrected chi connectivity index (χ2v) is 13.2. The van der Waals surface area contributed by atoms with Crippen LogP contribution in [0.3, 0.4) is 0 Å². The summed E-state index contributed by atoms with van der Waals surface area (Å²) in [5, 5.41) is 0. The van der Waals surface area contributed by atoms with Crippen molar-refractivity contribution < 1.29 is 17.9 Å². The lowest BCUT2D eigenvalue weighted by molar-refractivity contribution is -0.117. The van der Waals surface area contributed by atoms with E-state index in [-0.39, 0.29) is 23.8 Å². The molecule has 2 aliphatic rings. The van der Waals surface area contributed by atoms with Crippen molar-refractivity contribution in [1.29, 1.82) is 0 Å². The van der Waals surface area contributed by atoms with Gasteiger partial charge in [-0.2, -0.15) is 0 Å². The zero-order chi connectivity index (χ0) is 28.0. The van der Waals surface area contributed by atoms with Crippen molar-refractivity contribution in [3.05, 3.63) is 58.7 Å². The summed E-state index contributed by atoms with van der Waals surface area (Å²) >= 11 is 0. The Morgan fingerprint density at radius 3 is 2.26 bits per heavy atom. The number of aryl methyl sites for hydroxylation is 2. The number of sulfonamides is 1. The molecule has 0 radical (unpaired) electrons. The first-order valence-corrected chi connectivity index (χ1v) is 15.6. The van der Waals surface area contributed by atoms with Crippen molar-refractivity contribution >= 4 is 22.1 Å². The highest BCUT2D eigenvalue weighted by Crippen LogP contribution is 2.35. The van der Waals surface area contributed by atoms with Crippen LogP contribution < -0.4 is 4.74 Å². The molecule has 8 heteroatoms. The SMILES string of the molecule is COc1cc(C)c(S(=O)(=O)N(C)CCC(=O)N=CC2CCC(c3ccc(CN4CCCC4)cc3)CC2)c(C)c1. The first kappa shape index (κ1) is 29.4. The summed E-state index contributed by atoms with van der Waals surface area (Å²) in [7, 11) is -0.661. The van der Waals surface area contributed by atoms with Crippen molar-refractivity contribution in [2.45, 2.75) is 76.2 Å². The fourth-order valence-corrected chi connectivity index (χ4v) is 7.49. The van der Waals surface area contributed by atoms with Gasteiger partial charge in [-0.25, -0.2) is 17.7 Å². The molecule has 0 aromatic heterocycles. The molecule has 1 saturated heterocycles. The van der Waals surface area contributed by atoms with E-state index >= 15 is 0 Å². The number of hydrogen-bond donors (Lipinski definition) is 0. The van der Waals surface area contributed by atoms with Crippen LogP contribution in [0.2, 0.25) is 0 Å². The van der Waals surface area contributed by atoms with Gasteiger partial charge in [0.2, 0.25) is 15.9 Å². The Morgan fingerprint density at radius 2 is 1.67 bits per heavy atom. The topological polar surface area (TPSA) is 79.3 Å². The molecule has 7 nitrogen and oxygen atoms in total. The number of amides is 1. The van der Waals surface area contributed by atoms with Gasteiger partial charge in [-0.3, -0.25) is 9.69 Å². The number of carbonyl (C=O) groups excluding carboxylic acids is 1. The maximum atomic E-state index is 13.2. The van der Waals surface area contributed by atoms with Crippen LogP contribution in [0, 0.1) is 19.8 Å². The van der Waals surface area contributed by atoms with Crippen LogP contribution in [0.15, 0.2) is 46.3 Å². The standard InChI is InChI=1S/C31H43N3O4S/c1-23-19-29(38-4)20-24(2)31(23)39(36,37)33(3)18-15-30(35)32-21-25-7-11-27(12-8-25)28-13-9-26(10-14-28)22-34-16-5-6-17-34/h9-10,13-14,19-21,25,27H,5-8,11-12,15-18,22H2,1-4H3. The number of rotatable bonds is 10. The van der Waals surface area contributed by atoms with E-state index in [1.807, 2.05) is 0 Å². The molecule has 0 bridgehead atoms. The molecule has 212 valence electrons. The fraction of sp³-hybridized carbons (Fsp3) is 0.548. The zero-order valence-electron chi connectivity index (χ0n) is 23.9. The molecule has 0 unspecified atom stereocenters. The largest absolute Gasteiger partial charge is 0.497 e. The first-order valence-electron chi connectivity index (χ1n) is 14.2. The van der Waals surface area contributed by atoms with Gasteiger partial charge in [0.25, 0.3) is 0 Å². The highest BCUT2D eigenvalue weighted by atomic mass is 32.2. The molecule has 4 rings (SSSR count). The molecule has 1 saturated carbocycles. The van der Waals surface area contributed by atoms with Crippen molar-refractivity contribution in [1.82, 2.24) is 9.21 Å². The number of aliphatic imine (C=N–C) groups is 1. The summed E-state index contributed by atoms with van der Waals surface area (Å²) in [6.07, 6.45) is 8.71. The zero-order valence-corrected chi connectivity index (χ0v) is 24.7. The van der Waals surface area contributed by atoms with E-state index < -0.39 is 10.0 Å². The number of benzene rings is 2. The molecule has 2 aromatic rings. The summed E-state index contributed by atoms with van der Waals surface area (Å²) in [6, 6.07) is 12.6. The minimum Gasteiger partial charge on any atom is -0.497 e. The summed E-state index contributed by atoms with van der Waals surface area (Å²) in [6.45, 7) is 7.09. The van der Waals surface area contributed by atoms with Gasteiger partial charge in [0.05, 0.1) is 12.0 Å². The summed E-state index contributed by atoms with van der Waals surface area (Å²) in [4.78, 5) is 19.4. The van der Waals surface area contributed by atoms with E-state index in [4.69, 9.17) is 4.74 Å². The lowest BCUT2D eigenvalue weighted by Gasteiger charge is -2.27. The van der Waals surface area contributed by atoms with E-state index in [2.05, 4.69) is 34.2 Å². The van der Waals surface area contributed by atoms with Gasteiger partial charge in [0.1, 0.15) is 5.75 Å². The Morgan fingerprint density at radius 1 is 1.05 bits per heavy atom. The van der Waals surface area contributed by atoms with Gasteiger partial charge < -0.3 is 4.74 Å². The molecule has 0 atom stereocenters. The molecule has 1 heterocycles. The minimum absolute atomic E-state index is 0.0552. The molecular formula is C31H43N3O4S. The number of hydrogen-bond acceptors (Lipinski definition) is 5. The second kappa shape index (κ2) is 13.2. The Hall–Kier alpha value is -2.55. The van der Waals surface area contributed by atoms with E-state index in [1.54, 1.807) is 39.3 Å². The van der Waals surface area contributed by atoms with Gasteiger partial charge in [-0.05, 0) is 112 Å². The van der Waals surface area contributed by atoms with E-state index in [0.29, 0.717) is 28.7 Å². The normalized spacial score (nSPS) is 20.6. The number of nitrogens with zero attached hydrogens (tertiary/aromatic N) is 3. The van der Waals surface area contributed by atoms with Crippen LogP contribution in [0.4, 0.5) is 0 Å². The molecule has 0 spiro atoms. The third-order valence-corrected chi connectivity index (χ3v) is 10.4. The Bertz CT molecular complexity index is 1240. The maximum absolute atomic E-state index is 13.2. The molecule has 39 heavy (non-hydrogen) atoms. The predicted molar refractivity (Wildman–Crippen MR) is 156 cm³/mol. The van der Waals surface area contributed by atoms with Gasteiger partial charge in [0.15, 0.2) is 0 Å². The van der Waals surface area contributed by atoms with Crippen LogP contribution in [-0.4, -0.2) is 63.5 Å². The molecule has 1 aliphatic carbocycles. The van der Waals surface area contributed by atoms with Gasteiger partial charge >= 0.3 is 0 Å². The van der Waals surface area contributed by atoms with E-state index in [1.165, 1.54) is 48.4 Å². The summed E-state index contributed by atoms with van der Waals surface area (Å²) in [5.41, 5.74) is 4.05. The van der Waals surface area contributed by atoms with Gasteiger partial charge in [0, 0.05) is 32.8 Å². The summed E-state index contributed by atoms with van der Waals surface area (Å²) in [5.74, 6) is 1.20. The smallest absolute Gasteiger partial charge is 0.246 e. The lowest BCUT2D eigenvalue weighted by atomic mass is 9.79. The molecular weight excluding hydrogens is 510 g/mol. The van der Waals surface area contributed by atoms with Gasteiger partial charge in [-0.1, -0.05) is 24.3 Å². The highest BCUT2D eigenvalue weighted by molar-refractivity contribution is 7.89. The van der Waals surface area contributed by atoms with Crippen LogP contribution in [0.5, 0.6) is 5.75 Å². The minimum atomic E-state index is -3.73. The monoisotopic (exact) mass is 553 g/mol. The number of likely N-dealkylation sites (tertiary alicyclic amines) is 1. The number of ether oxygens (including phenoxy) is 1. The van der Waals surface area contributed by atoms with Gasteiger partial charge in [-0.15, -0.1) is 0 Å². The maximum Gasteiger partial charge on any atom is 0.246 e. The molecule has 2 fully saturated rings. The number of carbonyl (C=O) groups is 1. The predicted octanol–water partition coefficient (Wildman–Crippen LogP) is 5.49. The van der Waals surface area contributed by atoms with Crippen LogP contribution >= 0.6 is 0 Å². The quantitative estimate of drug-likeness (QED) is 0.364. The van der Waals surface area contributed by atoms with Crippen LogP contribution in [0.1, 0.15) is 73.1 Å². The Balaban J connectivity index is 1.23. The van der Waals surface area contributed by atoms with Crippen LogP contribution in [-0.2, 0) is 21.4 Å².